The number of nitrogens with zero attached hydrogens (tertiary/aromatic N) is 1. The zero-order chi connectivity index (χ0) is 20.6. The second-order valence-corrected chi connectivity index (χ2v) is 8.76. The summed E-state index contributed by atoms with van der Waals surface area (Å²) in [6, 6.07) is 8.17. The van der Waals surface area contributed by atoms with E-state index in [1.807, 2.05) is 44.7 Å². The fourth-order valence-electron chi connectivity index (χ4n) is 3.50. The summed E-state index contributed by atoms with van der Waals surface area (Å²) in [5.74, 6) is 0.760. The van der Waals surface area contributed by atoms with Crippen molar-refractivity contribution in [2.45, 2.75) is 78.2 Å². The minimum Gasteiger partial charge on any atom is -0.444 e. The number of benzene rings is 1. The lowest BCUT2D eigenvalue weighted by Gasteiger charge is -2.33. The molecule has 0 saturated carbocycles. The average molecular weight is 389 g/mol. The molecule has 28 heavy (non-hydrogen) atoms. The van der Waals surface area contributed by atoms with E-state index in [-0.39, 0.29) is 12.0 Å². The van der Waals surface area contributed by atoms with Crippen LogP contribution in [-0.4, -0.2) is 35.6 Å². The highest BCUT2D eigenvalue weighted by atomic mass is 16.6. The van der Waals surface area contributed by atoms with Crippen LogP contribution >= 0.6 is 0 Å². The maximum atomic E-state index is 12.1. The third-order valence-corrected chi connectivity index (χ3v) is 5.15. The quantitative estimate of drug-likeness (QED) is 0.637. The van der Waals surface area contributed by atoms with Gasteiger partial charge in [-0.15, -0.1) is 0 Å². The Morgan fingerprint density at radius 2 is 1.75 bits per heavy atom. The van der Waals surface area contributed by atoms with Crippen LogP contribution in [0.15, 0.2) is 24.3 Å². The second kappa shape index (κ2) is 10.5. The van der Waals surface area contributed by atoms with Gasteiger partial charge in [-0.25, -0.2) is 4.79 Å². The predicted molar refractivity (Wildman–Crippen MR) is 113 cm³/mol. The first-order valence-electron chi connectivity index (χ1n) is 10.6. The van der Waals surface area contributed by atoms with Crippen LogP contribution in [0.3, 0.4) is 0 Å². The van der Waals surface area contributed by atoms with E-state index >= 15 is 0 Å². The predicted octanol–water partition coefficient (Wildman–Crippen LogP) is 5.40. The number of amides is 2. The van der Waals surface area contributed by atoms with Crippen LogP contribution < -0.4 is 5.32 Å². The van der Waals surface area contributed by atoms with Gasteiger partial charge in [0, 0.05) is 25.2 Å². The van der Waals surface area contributed by atoms with Gasteiger partial charge in [0.2, 0.25) is 5.91 Å². The first-order chi connectivity index (χ1) is 13.3. The highest BCUT2D eigenvalue weighted by Gasteiger charge is 2.26. The summed E-state index contributed by atoms with van der Waals surface area (Å²) in [5.41, 5.74) is 1.76. The van der Waals surface area contributed by atoms with Crippen LogP contribution in [-0.2, 0) is 16.0 Å². The van der Waals surface area contributed by atoms with Crippen molar-refractivity contribution < 1.29 is 14.3 Å². The Bertz CT molecular complexity index is 626. The fraction of sp³-hybridized carbons (Fsp3) is 0.652. The van der Waals surface area contributed by atoms with Crippen LogP contribution in [0.5, 0.6) is 0 Å². The Morgan fingerprint density at radius 3 is 2.32 bits per heavy atom. The molecule has 1 aliphatic rings. The van der Waals surface area contributed by atoms with Crippen molar-refractivity contribution in [3.8, 4) is 0 Å². The van der Waals surface area contributed by atoms with Crippen LogP contribution in [0.1, 0.15) is 71.8 Å². The molecule has 5 nitrogen and oxygen atoms in total. The van der Waals surface area contributed by atoms with Crippen LogP contribution in [0, 0.1) is 5.92 Å². The van der Waals surface area contributed by atoms with Crippen LogP contribution in [0.25, 0.3) is 0 Å². The van der Waals surface area contributed by atoms with Crippen molar-refractivity contribution >= 4 is 17.7 Å². The molecule has 1 fully saturated rings. The molecule has 1 aliphatic heterocycles. The number of rotatable bonds is 7. The Morgan fingerprint density at radius 1 is 1.11 bits per heavy atom. The standard InChI is InChI=1S/C23H36N2O3/c1-5-21(26)24-20-12-10-18(11-13-20)8-6-7-9-19-14-16-25(17-15-19)22(27)28-23(2,3)4/h10-13,19H,5-9,14-17H2,1-4H3,(H,24,26). The zero-order valence-electron chi connectivity index (χ0n) is 17.9. The monoisotopic (exact) mass is 388 g/mol. The molecule has 0 aromatic heterocycles. The van der Waals surface area contributed by atoms with Gasteiger partial charge < -0.3 is 15.0 Å². The lowest BCUT2D eigenvalue weighted by Crippen LogP contribution is -2.41. The van der Waals surface area contributed by atoms with E-state index in [4.69, 9.17) is 4.74 Å². The molecule has 0 atom stereocenters. The molecule has 2 amide bonds. The largest absolute Gasteiger partial charge is 0.444 e. The summed E-state index contributed by atoms with van der Waals surface area (Å²) in [7, 11) is 0. The third kappa shape index (κ3) is 7.91. The van der Waals surface area contributed by atoms with Crippen molar-refractivity contribution in [1.82, 2.24) is 4.90 Å². The van der Waals surface area contributed by atoms with Gasteiger partial charge in [-0.3, -0.25) is 4.79 Å². The van der Waals surface area contributed by atoms with Gasteiger partial charge in [0.1, 0.15) is 5.60 Å². The smallest absolute Gasteiger partial charge is 0.410 e. The number of carbonyl (C=O) groups excluding carboxylic acids is 2. The van der Waals surface area contributed by atoms with Gasteiger partial charge in [0.25, 0.3) is 0 Å². The molecule has 1 aromatic carbocycles. The molecule has 1 aromatic rings. The SMILES string of the molecule is CCC(=O)Nc1ccc(CCCCC2CCN(C(=O)OC(C)(C)C)CC2)cc1. The maximum Gasteiger partial charge on any atom is 0.410 e. The van der Waals surface area contributed by atoms with Crippen LogP contribution in [0.2, 0.25) is 0 Å². The van der Waals surface area contributed by atoms with E-state index in [0.29, 0.717) is 12.3 Å². The molecule has 2 rings (SSSR count). The summed E-state index contributed by atoms with van der Waals surface area (Å²) in [4.78, 5) is 25.4. The first kappa shape index (κ1) is 22.3. The number of hydrogen-bond acceptors (Lipinski definition) is 3. The van der Waals surface area contributed by atoms with Crippen LogP contribution in [0.4, 0.5) is 10.5 Å². The lowest BCUT2D eigenvalue weighted by molar-refractivity contribution is -0.115. The van der Waals surface area contributed by atoms with Gasteiger partial charge in [0.05, 0.1) is 0 Å². The van der Waals surface area contributed by atoms with Crippen molar-refractivity contribution in [1.29, 1.82) is 0 Å². The van der Waals surface area contributed by atoms with E-state index in [9.17, 15) is 9.59 Å². The van der Waals surface area contributed by atoms with Gasteiger partial charge >= 0.3 is 6.09 Å². The minimum atomic E-state index is -0.423. The molecule has 0 bridgehead atoms. The third-order valence-electron chi connectivity index (χ3n) is 5.15. The first-order valence-corrected chi connectivity index (χ1v) is 10.6. The molecular weight excluding hydrogens is 352 g/mol. The van der Waals surface area contributed by atoms with E-state index in [1.165, 1.54) is 24.8 Å². The molecule has 0 radical (unpaired) electrons. The lowest BCUT2D eigenvalue weighted by atomic mass is 9.91. The minimum absolute atomic E-state index is 0.0467. The normalized spacial score (nSPS) is 15.4. The summed E-state index contributed by atoms with van der Waals surface area (Å²) in [6.45, 7) is 9.20. The molecule has 0 unspecified atom stereocenters. The molecule has 0 spiro atoms. The Kier molecular flexibility index (Phi) is 8.34. The van der Waals surface area contributed by atoms with E-state index < -0.39 is 5.60 Å². The fourth-order valence-corrected chi connectivity index (χ4v) is 3.50. The van der Waals surface area contributed by atoms with E-state index in [1.54, 1.807) is 0 Å². The molecule has 1 N–H and O–H groups in total. The number of ether oxygens (including phenoxy) is 1. The number of carbonyl (C=O) groups is 2. The van der Waals surface area contributed by atoms with Gasteiger partial charge in [0.15, 0.2) is 0 Å². The van der Waals surface area contributed by atoms with Gasteiger partial charge in [-0.05, 0) is 70.1 Å². The number of hydrogen-bond donors (Lipinski definition) is 1. The average Bonchev–Trinajstić information content (AvgIpc) is 2.65. The second-order valence-electron chi connectivity index (χ2n) is 8.76. The summed E-state index contributed by atoms with van der Waals surface area (Å²) in [6.07, 6.45) is 7.16. The van der Waals surface area contributed by atoms with Crippen molar-refractivity contribution in [3.05, 3.63) is 29.8 Å². The number of unbranched alkanes of at least 4 members (excludes halogenated alkanes) is 1. The maximum absolute atomic E-state index is 12.1. The summed E-state index contributed by atoms with van der Waals surface area (Å²) >= 11 is 0. The van der Waals surface area contributed by atoms with Gasteiger partial charge in [-0.2, -0.15) is 0 Å². The number of likely N-dealkylation sites (tertiary alicyclic amines) is 1. The molecular formula is C23H36N2O3. The van der Waals surface area contributed by atoms with Crippen molar-refractivity contribution in [2.24, 2.45) is 5.92 Å². The Labute approximate surface area is 169 Å². The van der Waals surface area contributed by atoms with Crippen molar-refractivity contribution in [3.63, 3.8) is 0 Å². The molecule has 1 heterocycles. The number of aryl methyl sites for hydroxylation is 1. The highest BCUT2D eigenvalue weighted by Crippen LogP contribution is 2.24. The van der Waals surface area contributed by atoms with E-state index in [0.717, 1.165) is 38.0 Å². The Hall–Kier alpha value is -2.04. The van der Waals surface area contributed by atoms with E-state index in [2.05, 4.69) is 17.4 Å². The summed E-state index contributed by atoms with van der Waals surface area (Å²) in [5, 5.41) is 2.88. The summed E-state index contributed by atoms with van der Waals surface area (Å²) < 4.78 is 5.46. The Balaban J connectivity index is 1.62. The molecule has 5 heteroatoms. The number of piperidine rings is 1. The van der Waals surface area contributed by atoms with Crippen molar-refractivity contribution in [2.75, 3.05) is 18.4 Å². The van der Waals surface area contributed by atoms with Gasteiger partial charge in [-0.1, -0.05) is 31.9 Å². The zero-order valence-corrected chi connectivity index (χ0v) is 17.9. The molecule has 1 saturated heterocycles. The topological polar surface area (TPSA) is 58.6 Å². The molecule has 156 valence electrons. The number of nitrogens with one attached hydrogen (secondary N) is 1. The molecule has 0 aliphatic carbocycles. The number of anilines is 1. The highest BCUT2D eigenvalue weighted by molar-refractivity contribution is 5.90.